The minimum Gasteiger partial charge on any atom is -0.496 e. The van der Waals surface area contributed by atoms with Crippen molar-refractivity contribution in [2.24, 2.45) is 17.8 Å². The number of ether oxygens (including phenoxy) is 1. The van der Waals surface area contributed by atoms with Gasteiger partial charge in [-0.2, -0.15) is 0 Å². The third kappa shape index (κ3) is 1.53. The lowest BCUT2D eigenvalue weighted by Crippen LogP contribution is -2.14. The number of rotatable bonds is 3. The second-order valence-corrected chi connectivity index (χ2v) is 4.99. The highest BCUT2D eigenvalue weighted by atomic mass is 16.5. The summed E-state index contributed by atoms with van der Waals surface area (Å²) in [5.41, 5.74) is 0.760. The van der Waals surface area contributed by atoms with E-state index < -0.39 is 0 Å². The van der Waals surface area contributed by atoms with Crippen LogP contribution in [0.4, 0.5) is 0 Å². The summed E-state index contributed by atoms with van der Waals surface area (Å²) in [4.78, 5) is 12.3. The van der Waals surface area contributed by atoms with E-state index in [2.05, 4.69) is 0 Å². The van der Waals surface area contributed by atoms with Crippen molar-refractivity contribution in [3.63, 3.8) is 0 Å². The van der Waals surface area contributed by atoms with Crippen LogP contribution in [0.2, 0.25) is 0 Å². The standard InChI is InChI=1S/C14H16O2/c1-16-13-5-3-2-4-12(13)14(15)11-7-9-6-10(9)8-11/h2-5,9-11H,6-8H2,1H3. The van der Waals surface area contributed by atoms with Crippen molar-refractivity contribution in [3.8, 4) is 5.75 Å². The molecular formula is C14H16O2. The Morgan fingerprint density at radius 2 is 1.88 bits per heavy atom. The summed E-state index contributed by atoms with van der Waals surface area (Å²) in [6.45, 7) is 0. The first-order valence-corrected chi connectivity index (χ1v) is 5.97. The van der Waals surface area contributed by atoms with Crippen LogP contribution in [-0.4, -0.2) is 12.9 Å². The summed E-state index contributed by atoms with van der Waals surface area (Å²) in [6.07, 6.45) is 3.55. The first-order valence-electron chi connectivity index (χ1n) is 5.97. The van der Waals surface area contributed by atoms with Crippen LogP contribution in [0.1, 0.15) is 29.6 Å². The van der Waals surface area contributed by atoms with Gasteiger partial charge in [-0.1, -0.05) is 12.1 Å². The van der Waals surface area contributed by atoms with Crippen LogP contribution < -0.4 is 4.74 Å². The fourth-order valence-electron chi connectivity index (χ4n) is 3.00. The SMILES string of the molecule is COc1ccccc1C(=O)C1CC2CC2C1. The second kappa shape index (κ2) is 3.62. The Labute approximate surface area is 95.6 Å². The first kappa shape index (κ1) is 9.88. The van der Waals surface area contributed by atoms with Crippen molar-refractivity contribution in [2.45, 2.75) is 19.3 Å². The van der Waals surface area contributed by atoms with Crippen molar-refractivity contribution >= 4 is 5.78 Å². The Kier molecular flexibility index (Phi) is 2.23. The fraction of sp³-hybridized carbons (Fsp3) is 0.500. The first-order chi connectivity index (χ1) is 7.79. The number of ketones is 1. The fourth-order valence-corrected chi connectivity index (χ4v) is 3.00. The zero-order chi connectivity index (χ0) is 11.1. The monoisotopic (exact) mass is 216 g/mol. The summed E-state index contributed by atoms with van der Waals surface area (Å²) in [5, 5.41) is 0. The zero-order valence-corrected chi connectivity index (χ0v) is 9.48. The highest BCUT2D eigenvalue weighted by molar-refractivity contribution is 6.00. The third-order valence-electron chi connectivity index (χ3n) is 3.99. The molecular weight excluding hydrogens is 200 g/mol. The van der Waals surface area contributed by atoms with Crippen LogP contribution in [0.25, 0.3) is 0 Å². The molecule has 84 valence electrons. The summed E-state index contributed by atoms with van der Waals surface area (Å²) in [6, 6.07) is 7.56. The van der Waals surface area contributed by atoms with E-state index in [-0.39, 0.29) is 11.7 Å². The normalized spacial score (nSPS) is 30.9. The lowest BCUT2D eigenvalue weighted by atomic mass is 9.93. The summed E-state index contributed by atoms with van der Waals surface area (Å²) in [7, 11) is 1.62. The van der Waals surface area contributed by atoms with Crippen molar-refractivity contribution in [1.29, 1.82) is 0 Å². The molecule has 2 nitrogen and oxygen atoms in total. The number of hydrogen-bond donors (Lipinski definition) is 0. The number of carbonyl (C=O) groups is 1. The van der Waals surface area contributed by atoms with Crippen molar-refractivity contribution in [1.82, 2.24) is 0 Å². The summed E-state index contributed by atoms with van der Waals surface area (Å²) in [5.74, 6) is 2.95. The highest BCUT2D eigenvalue weighted by Crippen LogP contribution is 2.55. The number of methoxy groups -OCH3 is 1. The van der Waals surface area contributed by atoms with E-state index in [9.17, 15) is 4.79 Å². The lowest BCUT2D eigenvalue weighted by Gasteiger charge is -2.13. The van der Waals surface area contributed by atoms with Gasteiger partial charge in [-0.05, 0) is 43.2 Å². The predicted octanol–water partition coefficient (Wildman–Crippen LogP) is 2.92. The van der Waals surface area contributed by atoms with E-state index in [1.165, 1.54) is 6.42 Å². The molecule has 0 amide bonds. The molecule has 1 aromatic carbocycles. The van der Waals surface area contributed by atoms with Crippen LogP contribution in [0.5, 0.6) is 5.75 Å². The molecule has 2 unspecified atom stereocenters. The molecule has 16 heavy (non-hydrogen) atoms. The molecule has 2 atom stereocenters. The van der Waals surface area contributed by atoms with E-state index in [4.69, 9.17) is 4.74 Å². The van der Waals surface area contributed by atoms with Crippen LogP contribution in [0, 0.1) is 17.8 Å². The van der Waals surface area contributed by atoms with Gasteiger partial charge in [0.05, 0.1) is 12.7 Å². The minimum absolute atomic E-state index is 0.250. The molecule has 2 aliphatic carbocycles. The number of carbonyl (C=O) groups excluding carboxylic acids is 1. The summed E-state index contributed by atoms with van der Waals surface area (Å²) >= 11 is 0. The largest absolute Gasteiger partial charge is 0.496 e. The van der Waals surface area contributed by atoms with Crippen LogP contribution in [-0.2, 0) is 0 Å². The highest BCUT2D eigenvalue weighted by Gasteiger charge is 2.48. The Balaban J connectivity index is 1.83. The van der Waals surface area contributed by atoms with Gasteiger partial charge in [0.1, 0.15) is 5.75 Å². The number of fused-ring (bicyclic) bond motifs is 1. The number of hydrogen-bond acceptors (Lipinski definition) is 2. The van der Waals surface area contributed by atoms with E-state index in [1.54, 1.807) is 7.11 Å². The van der Waals surface area contributed by atoms with Gasteiger partial charge >= 0.3 is 0 Å². The van der Waals surface area contributed by atoms with Crippen molar-refractivity contribution in [2.75, 3.05) is 7.11 Å². The van der Waals surface area contributed by atoms with Crippen molar-refractivity contribution < 1.29 is 9.53 Å². The molecule has 0 radical (unpaired) electrons. The maximum absolute atomic E-state index is 12.3. The number of Topliss-reactive ketones (excluding diaryl/α,β-unsaturated/α-hetero) is 1. The van der Waals surface area contributed by atoms with Gasteiger partial charge in [0.15, 0.2) is 5.78 Å². The average Bonchev–Trinajstić information content (AvgIpc) is 2.95. The number of para-hydroxylation sites is 1. The molecule has 3 rings (SSSR count). The molecule has 0 saturated heterocycles. The molecule has 0 bridgehead atoms. The number of benzene rings is 1. The van der Waals surface area contributed by atoms with E-state index in [1.807, 2.05) is 24.3 Å². The third-order valence-corrected chi connectivity index (χ3v) is 3.99. The van der Waals surface area contributed by atoms with Gasteiger partial charge < -0.3 is 4.74 Å². The minimum atomic E-state index is 0.250. The van der Waals surface area contributed by atoms with Gasteiger partial charge in [0, 0.05) is 5.92 Å². The topological polar surface area (TPSA) is 26.3 Å². The Morgan fingerprint density at radius 3 is 2.56 bits per heavy atom. The van der Waals surface area contributed by atoms with Gasteiger partial charge in [0.2, 0.25) is 0 Å². The van der Waals surface area contributed by atoms with Gasteiger partial charge in [0.25, 0.3) is 0 Å². The molecule has 2 saturated carbocycles. The molecule has 0 N–H and O–H groups in total. The predicted molar refractivity (Wildman–Crippen MR) is 61.6 cm³/mol. The maximum atomic E-state index is 12.3. The van der Waals surface area contributed by atoms with Gasteiger partial charge in [-0.3, -0.25) is 4.79 Å². The molecule has 1 aromatic rings. The lowest BCUT2D eigenvalue weighted by molar-refractivity contribution is 0.0911. The van der Waals surface area contributed by atoms with Crippen LogP contribution in [0.15, 0.2) is 24.3 Å². The zero-order valence-electron chi connectivity index (χ0n) is 9.48. The molecule has 0 aliphatic heterocycles. The molecule has 2 aliphatic rings. The van der Waals surface area contributed by atoms with Crippen molar-refractivity contribution in [3.05, 3.63) is 29.8 Å². The summed E-state index contributed by atoms with van der Waals surface area (Å²) < 4.78 is 5.24. The molecule has 0 aromatic heterocycles. The molecule has 2 fully saturated rings. The average molecular weight is 216 g/mol. The maximum Gasteiger partial charge on any atom is 0.169 e. The van der Waals surface area contributed by atoms with E-state index in [0.717, 1.165) is 30.2 Å². The van der Waals surface area contributed by atoms with Gasteiger partial charge in [-0.25, -0.2) is 0 Å². The Morgan fingerprint density at radius 1 is 1.19 bits per heavy atom. The Bertz CT molecular complexity index is 414. The van der Waals surface area contributed by atoms with E-state index in [0.29, 0.717) is 5.75 Å². The smallest absolute Gasteiger partial charge is 0.169 e. The van der Waals surface area contributed by atoms with Crippen LogP contribution >= 0.6 is 0 Å². The van der Waals surface area contributed by atoms with E-state index >= 15 is 0 Å². The Hall–Kier alpha value is -1.31. The quantitative estimate of drug-likeness (QED) is 0.726. The molecule has 0 spiro atoms. The van der Waals surface area contributed by atoms with Gasteiger partial charge in [-0.15, -0.1) is 0 Å². The molecule has 2 heteroatoms. The molecule has 0 heterocycles. The second-order valence-electron chi connectivity index (χ2n) is 4.99. The van der Waals surface area contributed by atoms with Crippen LogP contribution in [0.3, 0.4) is 0 Å².